The van der Waals surface area contributed by atoms with Crippen molar-refractivity contribution in [3.05, 3.63) is 36.6 Å². The molecule has 0 N–H and O–H groups in total. The number of hydrogen-bond donors (Lipinski definition) is 0. The lowest BCUT2D eigenvalue weighted by molar-refractivity contribution is 0.593. The van der Waals surface area contributed by atoms with Crippen LogP contribution in [-0.4, -0.2) is 5.71 Å². The van der Waals surface area contributed by atoms with E-state index in [1.807, 2.05) is 38.2 Å². The molecule has 0 rings (SSSR count). The molecule has 0 amide bonds. The highest BCUT2D eigenvalue weighted by atomic mass is 14.8. The van der Waals surface area contributed by atoms with E-state index in [2.05, 4.69) is 32.3 Å². The first-order chi connectivity index (χ1) is 6.41. The maximum atomic E-state index is 4.48. The van der Waals surface area contributed by atoms with Crippen LogP contribution in [0.15, 0.2) is 41.6 Å². The van der Waals surface area contributed by atoms with Crippen LogP contribution in [0.5, 0.6) is 0 Å². The molecule has 0 saturated heterocycles. The molecule has 0 aromatic rings. The van der Waals surface area contributed by atoms with E-state index in [4.69, 9.17) is 0 Å². The number of allylic oxidation sites excluding steroid dienone is 4. The van der Waals surface area contributed by atoms with Gasteiger partial charge >= 0.3 is 0 Å². The van der Waals surface area contributed by atoms with Crippen LogP contribution in [0, 0.1) is 5.41 Å². The van der Waals surface area contributed by atoms with Crippen LogP contribution in [0.2, 0.25) is 0 Å². The van der Waals surface area contributed by atoms with Gasteiger partial charge in [0.15, 0.2) is 0 Å². The van der Waals surface area contributed by atoms with E-state index in [1.54, 1.807) is 0 Å². The summed E-state index contributed by atoms with van der Waals surface area (Å²) in [6, 6.07) is 0. The molecule has 0 aromatic carbocycles. The number of nitrogens with zero attached hydrogens (tertiary/aromatic N) is 1. The van der Waals surface area contributed by atoms with Crippen molar-refractivity contribution in [2.24, 2.45) is 10.4 Å². The molecule has 1 heteroatoms. The Labute approximate surface area is 87.9 Å². The average Bonchev–Trinajstić information content (AvgIpc) is 2.02. The van der Waals surface area contributed by atoms with Gasteiger partial charge < -0.3 is 0 Å². The molecule has 0 aliphatic carbocycles. The quantitative estimate of drug-likeness (QED) is 0.469. The second kappa shape index (κ2) is 5.58. The SMILES string of the molecule is C=C(/C=C/C)/N=C(\C=C/C)C(C)(C)C. The third-order valence-corrected chi connectivity index (χ3v) is 1.72. The lowest BCUT2D eigenvalue weighted by atomic mass is 9.89. The van der Waals surface area contributed by atoms with Gasteiger partial charge in [-0.3, -0.25) is 4.99 Å². The lowest BCUT2D eigenvalue weighted by Crippen LogP contribution is -2.18. The van der Waals surface area contributed by atoms with E-state index in [0.717, 1.165) is 11.4 Å². The highest BCUT2D eigenvalue weighted by Gasteiger charge is 2.15. The maximum Gasteiger partial charge on any atom is 0.0558 e. The maximum absolute atomic E-state index is 4.48. The van der Waals surface area contributed by atoms with Crippen LogP contribution in [0.25, 0.3) is 0 Å². The molecule has 0 aliphatic rings. The molecule has 0 saturated carbocycles. The van der Waals surface area contributed by atoms with E-state index in [0.29, 0.717) is 0 Å². The van der Waals surface area contributed by atoms with Crippen molar-refractivity contribution in [3.8, 4) is 0 Å². The number of hydrogen-bond acceptors (Lipinski definition) is 1. The predicted octanol–water partition coefficient (Wildman–Crippen LogP) is 4.14. The van der Waals surface area contributed by atoms with Gasteiger partial charge in [0.05, 0.1) is 5.70 Å². The first-order valence-electron chi connectivity index (χ1n) is 4.95. The third kappa shape index (κ3) is 4.80. The standard InChI is InChI=1S/C13H21N/c1-7-9-11(3)14-12(10-8-2)13(4,5)6/h7-10H,3H2,1-2,4-6H3/b9-7+,10-8-,14-12+. The summed E-state index contributed by atoms with van der Waals surface area (Å²) in [7, 11) is 0. The summed E-state index contributed by atoms with van der Waals surface area (Å²) < 4.78 is 0. The van der Waals surface area contributed by atoms with Crippen LogP contribution >= 0.6 is 0 Å². The predicted molar refractivity (Wildman–Crippen MR) is 65.7 cm³/mol. The van der Waals surface area contributed by atoms with Crippen LogP contribution in [-0.2, 0) is 0 Å². The van der Waals surface area contributed by atoms with E-state index in [9.17, 15) is 0 Å². The fourth-order valence-electron chi connectivity index (χ4n) is 0.997. The first-order valence-corrected chi connectivity index (χ1v) is 4.95. The van der Waals surface area contributed by atoms with Crippen LogP contribution < -0.4 is 0 Å². The van der Waals surface area contributed by atoms with Crippen molar-refractivity contribution < 1.29 is 0 Å². The van der Waals surface area contributed by atoms with E-state index >= 15 is 0 Å². The molecule has 0 aliphatic heterocycles. The Hall–Kier alpha value is -1.11. The summed E-state index contributed by atoms with van der Waals surface area (Å²) in [5.74, 6) is 0. The fraction of sp³-hybridized carbons (Fsp3) is 0.462. The van der Waals surface area contributed by atoms with Crippen molar-refractivity contribution in [2.75, 3.05) is 0 Å². The van der Waals surface area contributed by atoms with Crippen molar-refractivity contribution in [1.82, 2.24) is 0 Å². The van der Waals surface area contributed by atoms with Crippen LogP contribution in [0.4, 0.5) is 0 Å². The van der Waals surface area contributed by atoms with Gasteiger partial charge in [0.1, 0.15) is 0 Å². The van der Waals surface area contributed by atoms with Crippen molar-refractivity contribution in [2.45, 2.75) is 34.6 Å². The molecule has 0 atom stereocenters. The van der Waals surface area contributed by atoms with Gasteiger partial charge in [-0.15, -0.1) is 0 Å². The third-order valence-electron chi connectivity index (χ3n) is 1.72. The van der Waals surface area contributed by atoms with Gasteiger partial charge in [-0.1, -0.05) is 39.5 Å². The Morgan fingerprint density at radius 1 is 1.07 bits per heavy atom. The molecule has 78 valence electrons. The first kappa shape index (κ1) is 12.9. The van der Waals surface area contributed by atoms with Gasteiger partial charge in [-0.2, -0.15) is 0 Å². The summed E-state index contributed by atoms with van der Waals surface area (Å²) in [5, 5.41) is 0. The zero-order valence-corrected chi connectivity index (χ0v) is 9.96. The van der Waals surface area contributed by atoms with E-state index in [1.165, 1.54) is 0 Å². The summed E-state index contributed by atoms with van der Waals surface area (Å²) in [6.45, 7) is 14.3. The van der Waals surface area contributed by atoms with Crippen molar-refractivity contribution in [1.29, 1.82) is 0 Å². The summed E-state index contributed by atoms with van der Waals surface area (Å²) >= 11 is 0. The van der Waals surface area contributed by atoms with Gasteiger partial charge in [0.2, 0.25) is 0 Å². The Bertz CT molecular complexity index is 272. The molecule has 0 bridgehead atoms. The minimum atomic E-state index is 0.0665. The van der Waals surface area contributed by atoms with Crippen molar-refractivity contribution in [3.63, 3.8) is 0 Å². The minimum Gasteiger partial charge on any atom is -0.254 e. The molecule has 0 heterocycles. The van der Waals surface area contributed by atoms with E-state index in [-0.39, 0.29) is 5.41 Å². The fourth-order valence-corrected chi connectivity index (χ4v) is 0.997. The Morgan fingerprint density at radius 2 is 1.57 bits per heavy atom. The van der Waals surface area contributed by atoms with E-state index < -0.39 is 0 Å². The van der Waals surface area contributed by atoms with Crippen molar-refractivity contribution >= 4 is 5.71 Å². The Morgan fingerprint density at radius 3 is 1.93 bits per heavy atom. The minimum absolute atomic E-state index is 0.0665. The molecular weight excluding hydrogens is 170 g/mol. The monoisotopic (exact) mass is 191 g/mol. The molecular formula is C13H21N. The summed E-state index contributed by atoms with van der Waals surface area (Å²) in [4.78, 5) is 4.48. The number of rotatable bonds is 3. The highest BCUT2D eigenvalue weighted by Crippen LogP contribution is 2.18. The van der Waals surface area contributed by atoms with Gasteiger partial charge in [-0.25, -0.2) is 0 Å². The van der Waals surface area contributed by atoms with Crippen LogP contribution in [0.1, 0.15) is 34.6 Å². The van der Waals surface area contributed by atoms with Gasteiger partial charge in [-0.05, 0) is 26.0 Å². The van der Waals surface area contributed by atoms with Gasteiger partial charge in [0.25, 0.3) is 0 Å². The number of aliphatic imine (C=N–C) groups is 1. The zero-order valence-electron chi connectivity index (χ0n) is 9.96. The highest BCUT2D eigenvalue weighted by molar-refractivity contribution is 5.99. The summed E-state index contributed by atoms with van der Waals surface area (Å²) in [5.41, 5.74) is 1.93. The zero-order chi connectivity index (χ0) is 11.2. The average molecular weight is 191 g/mol. The molecule has 0 fully saturated rings. The topological polar surface area (TPSA) is 12.4 Å². The smallest absolute Gasteiger partial charge is 0.0558 e. The molecule has 0 spiro atoms. The normalized spacial score (nSPS) is 14.2. The molecule has 1 nitrogen and oxygen atoms in total. The Balaban J connectivity index is 4.92. The molecule has 0 unspecified atom stereocenters. The Kier molecular flexibility index (Phi) is 5.14. The van der Waals surface area contributed by atoms with Gasteiger partial charge in [0, 0.05) is 11.1 Å². The molecule has 0 radical (unpaired) electrons. The van der Waals surface area contributed by atoms with Crippen LogP contribution in [0.3, 0.4) is 0 Å². The largest absolute Gasteiger partial charge is 0.254 e. The lowest BCUT2D eigenvalue weighted by Gasteiger charge is -2.18. The second-order valence-electron chi connectivity index (χ2n) is 4.24. The molecule has 0 aromatic heterocycles. The second-order valence-corrected chi connectivity index (χ2v) is 4.24. The summed E-state index contributed by atoms with van der Waals surface area (Å²) in [6.07, 6.45) is 7.90. The molecule has 14 heavy (non-hydrogen) atoms.